The lowest BCUT2D eigenvalue weighted by atomic mass is 10.1. The second kappa shape index (κ2) is 5.32. The number of anilines is 3. The lowest BCUT2D eigenvalue weighted by Gasteiger charge is -2.13. The highest BCUT2D eigenvalue weighted by atomic mass is 16.5. The number of nitrogens with one attached hydrogen (secondary N) is 1. The van der Waals surface area contributed by atoms with E-state index >= 15 is 0 Å². The molecule has 0 amide bonds. The first-order valence-corrected chi connectivity index (χ1v) is 6.74. The summed E-state index contributed by atoms with van der Waals surface area (Å²) in [6.45, 7) is 1.97. The number of ether oxygens (including phenoxy) is 1. The maximum atomic E-state index is 5.83. The number of rotatable bonds is 3. The monoisotopic (exact) mass is 279 g/mol. The van der Waals surface area contributed by atoms with E-state index in [9.17, 15) is 0 Å². The van der Waals surface area contributed by atoms with Crippen LogP contribution in [-0.4, -0.2) is 12.1 Å². The zero-order chi connectivity index (χ0) is 14.8. The first kappa shape index (κ1) is 13.2. The summed E-state index contributed by atoms with van der Waals surface area (Å²) in [5, 5.41) is 4.42. The molecule has 2 aromatic carbocycles. The maximum Gasteiger partial charge on any atom is 0.145 e. The summed E-state index contributed by atoms with van der Waals surface area (Å²) in [5.41, 5.74) is 10.3. The fraction of sp³-hybridized carbons (Fsp3) is 0.118. The van der Waals surface area contributed by atoms with E-state index in [0.717, 1.165) is 39.4 Å². The number of benzene rings is 2. The van der Waals surface area contributed by atoms with Crippen molar-refractivity contribution in [3.05, 3.63) is 54.2 Å². The van der Waals surface area contributed by atoms with Crippen LogP contribution in [0.3, 0.4) is 0 Å². The van der Waals surface area contributed by atoms with Crippen LogP contribution in [0.4, 0.5) is 17.1 Å². The molecule has 3 N–H and O–H groups in total. The van der Waals surface area contributed by atoms with Gasteiger partial charge in [0.1, 0.15) is 11.3 Å². The second-order valence-corrected chi connectivity index (χ2v) is 4.92. The van der Waals surface area contributed by atoms with Crippen LogP contribution in [0.25, 0.3) is 10.9 Å². The fourth-order valence-electron chi connectivity index (χ4n) is 2.39. The van der Waals surface area contributed by atoms with E-state index in [1.54, 1.807) is 7.11 Å². The minimum absolute atomic E-state index is 0.729. The van der Waals surface area contributed by atoms with Crippen LogP contribution < -0.4 is 15.8 Å². The molecule has 0 aliphatic rings. The van der Waals surface area contributed by atoms with E-state index in [4.69, 9.17) is 10.5 Å². The van der Waals surface area contributed by atoms with Gasteiger partial charge in [0.25, 0.3) is 0 Å². The quantitative estimate of drug-likeness (QED) is 0.714. The molecule has 0 saturated carbocycles. The Morgan fingerprint density at radius 1 is 1.10 bits per heavy atom. The number of methoxy groups -OCH3 is 1. The number of aryl methyl sites for hydroxylation is 1. The highest BCUT2D eigenvalue weighted by Crippen LogP contribution is 2.31. The Morgan fingerprint density at radius 2 is 1.90 bits per heavy atom. The predicted octanol–water partition coefficient (Wildman–Crippen LogP) is 3.88. The zero-order valence-corrected chi connectivity index (χ0v) is 12.1. The summed E-state index contributed by atoms with van der Waals surface area (Å²) in [7, 11) is 1.66. The Bertz CT molecular complexity index is 799. The van der Waals surface area contributed by atoms with Gasteiger partial charge in [-0.1, -0.05) is 18.2 Å². The summed E-state index contributed by atoms with van der Waals surface area (Å²) in [4.78, 5) is 4.58. The highest BCUT2D eigenvalue weighted by molar-refractivity contribution is 5.96. The Morgan fingerprint density at radius 3 is 2.67 bits per heavy atom. The van der Waals surface area contributed by atoms with Gasteiger partial charge in [-0.25, -0.2) is 4.98 Å². The van der Waals surface area contributed by atoms with Crippen molar-refractivity contribution in [2.45, 2.75) is 6.92 Å². The predicted molar refractivity (Wildman–Crippen MR) is 87.2 cm³/mol. The first-order chi connectivity index (χ1) is 10.2. The molecule has 0 bridgehead atoms. The molecule has 0 radical (unpaired) electrons. The van der Waals surface area contributed by atoms with Crippen molar-refractivity contribution in [2.24, 2.45) is 0 Å². The van der Waals surface area contributed by atoms with Gasteiger partial charge in [0.2, 0.25) is 0 Å². The van der Waals surface area contributed by atoms with Crippen molar-refractivity contribution in [1.29, 1.82) is 0 Å². The average Bonchev–Trinajstić information content (AvgIpc) is 2.46. The molecule has 0 aliphatic heterocycles. The molecule has 3 aromatic rings. The molecule has 21 heavy (non-hydrogen) atoms. The molecule has 0 atom stereocenters. The average molecular weight is 279 g/mol. The third-order valence-electron chi connectivity index (χ3n) is 3.32. The molecule has 106 valence electrons. The van der Waals surface area contributed by atoms with Crippen LogP contribution in [0.5, 0.6) is 5.75 Å². The van der Waals surface area contributed by atoms with Crippen LogP contribution >= 0.6 is 0 Å². The number of para-hydroxylation sites is 1. The number of nitrogens with two attached hydrogens (primary N) is 1. The van der Waals surface area contributed by atoms with E-state index in [0.29, 0.717) is 0 Å². The number of nitrogens with zero attached hydrogens (tertiary/aromatic N) is 1. The Kier molecular flexibility index (Phi) is 3.36. The SMILES string of the molecule is COc1cccc2c(Nc3cccc(N)c3)cc(C)nc12. The Hall–Kier alpha value is -2.75. The molecule has 1 heterocycles. The number of pyridine rings is 1. The molecule has 0 saturated heterocycles. The Balaban J connectivity index is 2.14. The van der Waals surface area contributed by atoms with Crippen molar-refractivity contribution in [2.75, 3.05) is 18.2 Å². The molecule has 1 aromatic heterocycles. The van der Waals surface area contributed by atoms with Crippen LogP contribution in [-0.2, 0) is 0 Å². The van der Waals surface area contributed by atoms with Crippen molar-refractivity contribution in [1.82, 2.24) is 4.98 Å². The second-order valence-electron chi connectivity index (χ2n) is 4.92. The number of hydrogen-bond donors (Lipinski definition) is 2. The van der Waals surface area contributed by atoms with E-state index in [-0.39, 0.29) is 0 Å². The summed E-state index contributed by atoms with van der Waals surface area (Å²) in [6, 6.07) is 15.6. The molecule has 0 fully saturated rings. The van der Waals surface area contributed by atoms with Crippen LogP contribution in [0.2, 0.25) is 0 Å². The van der Waals surface area contributed by atoms with Crippen LogP contribution in [0.1, 0.15) is 5.69 Å². The lowest BCUT2D eigenvalue weighted by Crippen LogP contribution is -1.97. The molecular weight excluding hydrogens is 262 g/mol. The largest absolute Gasteiger partial charge is 0.494 e. The standard InChI is InChI=1S/C17H17N3O/c1-11-9-15(20-13-6-3-5-12(18)10-13)14-7-4-8-16(21-2)17(14)19-11/h3-10H,18H2,1-2H3,(H,19,20). The topological polar surface area (TPSA) is 60.2 Å². The molecule has 0 unspecified atom stereocenters. The van der Waals surface area contributed by atoms with Gasteiger partial charge in [-0.2, -0.15) is 0 Å². The normalized spacial score (nSPS) is 10.6. The fourth-order valence-corrected chi connectivity index (χ4v) is 2.39. The van der Waals surface area contributed by atoms with Crippen LogP contribution in [0, 0.1) is 6.92 Å². The van der Waals surface area contributed by atoms with Crippen molar-refractivity contribution in [3.63, 3.8) is 0 Å². The minimum atomic E-state index is 0.729. The van der Waals surface area contributed by atoms with Gasteiger partial charge >= 0.3 is 0 Å². The smallest absolute Gasteiger partial charge is 0.145 e. The van der Waals surface area contributed by atoms with E-state index in [1.165, 1.54) is 0 Å². The minimum Gasteiger partial charge on any atom is -0.494 e. The molecule has 0 spiro atoms. The number of aromatic nitrogens is 1. The third-order valence-corrected chi connectivity index (χ3v) is 3.32. The summed E-state index contributed by atoms with van der Waals surface area (Å²) >= 11 is 0. The van der Waals surface area contributed by atoms with Crippen molar-refractivity contribution in [3.8, 4) is 5.75 Å². The van der Waals surface area contributed by atoms with E-state index in [2.05, 4.69) is 10.3 Å². The number of nitrogen functional groups attached to an aromatic ring is 1. The van der Waals surface area contributed by atoms with E-state index < -0.39 is 0 Å². The molecule has 3 rings (SSSR count). The summed E-state index contributed by atoms with van der Waals surface area (Å²) in [5.74, 6) is 0.770. The molecule has 4 heteroatoms. The van der Waals surface area contributed by atoms with Gasteiger partial charge in [0.15, 0.2) is 0 Å². The number of fused-ring (bicyclic) bond motifs is 1. The zero-order valence-electron chi connectivity index (χ0n) is 12.1. The van der Waals surface area contributed by atoms with Gasteiger partial charge < -0.3 is 15.8 Å². The Labute approximate surface area is 123 Å². The van der Waals surface area contributed by atoms with Crippen LogP contribution in [0.15, 0.2) is 48.5 Å². The lowest BCUT2D eigenvalue weighted by molar-refractivity contribution is 0.419. The van der Waals surface area contributed by atoms with E-state index in [1.807, 2.05) is 55.5 Å². The molecule has 0 aliphatic carbocycles. The first-order valence-electron chi connectivity index (χ1n) is 6.74. The van der Waals surface area contributed by atoms with Crippen molar-refractivity contribution < 1.29 is 4.74 Å². The van der Waals surface area contributed by atoms with Gasteiger partial charge in [0.05, 0.1) is 7.11 Å². The van der Waals surface area contributed by atoms with Gasteiger partial charge in [0, 0.05) is 28.1 Å². The molecule has 4 nitrogen and oxygen atoms in total. The molecular formula is C17H17N3O. The summed E-state index contributed by atoms with van der Waals surface area (Å²) < 4.78 is 5.40. The van der Waals surface area contributed by atoms with Crippen molar-refractivity contribution >= 4 is 28.0 Å². The summed E-state index contributed by atoms with van der Waals surface area (Å²) in [6.07, 6.45) is 0. The number of hydrogen-bond acceptors (Lipinski definition) is 4. The van der Waals surface area contributed by atoms with Gasteiger partial charge in [-0.3, -0.25) is 0 Å². The van der Waals surface area contributed by atoms with Gasteiger partial charge in [-0.05, 0) is 37.3 Å². The highest BCUT2D eigenvalue weighted by Gasteiger charge is 2.08. The third kappa shape index (κ3) is 2.60. The van der Waals surface area contributed by atoms with Gasteiger partial charge in [-0.15, -0.1) is 0 Å². The maximum absolute atomic E-state index is 5.83.